The van der Waals surface area contributed by atoms with Crippen molar-refractivity contribution in [3.05, 3.63) is 47.9 Å². The number of aryl methyl sites for hydroxylation is 1. The fourth-order valence-electron chi connectivity index (χ4n) is 3.93. The number of hydrogen-bond donors (Lipinski definition) is 1. The molecule has 1 N–H and O–H groups in total. The van der Waals surface area contributed by atoms with E-state index < -0.39 is 0 Å². The number of likely N-dealkylation sites (tertiary alicyclic amines) is 1. The van der Waals surface area contributed by atoms with Crippen molar-refractivity contribution in [2.75, 3.05) is 27.2 Å². The van der Waals surface area contributed by atoms with Crippen LogP contribution >= 0.6 is 0 Å². The average molecular weight is 379 g/mol. The molecule has 6 nitrogen and oxygen atoms in total. The Morgan fingerprint density at radius 2 is 2.07 bits per heavy atom. The van der Waals surface area contributed by atoms with Gasteiger partial charge in [-0.05, 0) is 37.4 Å². The highest BCUT2D eigenvalue weighted by Crippen LogP contribution is 2.35. The van der Waals surface area contributed by atoms with Gasteiger partial charge in [0.05, 0.1) is 18.7 Å². The number of carbonyl (C=O) groups excluding carboxylic acids is 1. The second-order valence-electron chi connectivity index (χ2n) is 7.22. The number of amides is 1. The molecular formula is C22H25N3O3. The number of carbonyl (C=O) groups is 1. The number of oxazole rings is 1. The molecule has 0 bridgehead atoms. The summed E-state index contributed by atoms with van der Waals surface area (Å²) in [6, 6.07) is 12.0. The van der Waals surface area contributed by atoms with E-state index in [1.165, 1.54) is 0 Å². The molecule has 0 unspecified atom stereocenters. The summed E-state index contributed by atoms with van der Waals surface area (Å²) in [5, 5.41) is 4.83. The summed E-state index contributed by atoms with van der Waals surface area (Å²) in [4.78, 5) is 18.9. The van der Waals surface area contributed by atoms with Gasteiger partial charge in [-0.1, -0.05) is 24.3 Å². The van der Waals surface area contributed by atoms with E-state index in [1.54, 1.807) is 14.2 Å². The van der Waals surface area contributed by atoms with Crippen LogP contribution in [0.4, 0.5) is 0 Å². The van der Waals surface area contributed by atoms with E-state index in [1.807, 2.05) is 37.3 Å². The summed E-state index contributed by atoms with van der Waals surface area (Å²) in [6.07, 6.45) is 0.881. The zero-order valence-corrected chi connectivity index (χ0v) is 16.5. The molecule has 1 aromatic heterocycles. The molecule has 6 heteroatoms. The second kappa shape index (κ2) is 7.64. The largest absolute Gasteiger partial charge is 0.496 e. The van der Waals surface area contributed by atoms with E-state index in [2.05, 4.69) is 16.3 Å². The van der Waals surface area contributed by atoms with Gasteiger partial charge in [-0.25, -0.2) is 4.98 Å². The SMILES string of the molecule is CNC(=O)[C@H]1CCN(Cc2nc(-c3ccc(OC)c4ccccc34)oc2C)C1. The first-order valence-corrected chi connectivity index (χ1v) is 9.57. The van der Waals surface area contributed by atoms with Crippen LogP contribution < -0.4 is 10.1 Å². The molecule has 1 saturated heterocycles. The van der Waals surface area contributed by atoms with Crippen molar-refractivity contribution < 1.29 is 13.9 Å². The Bertz CT molecular complexity index is 1010. The maximum Gasteiger partial charge on any atom is 0.227 e. The summed E-state index contributed by atoms with van der Waals surface area (Å²) in [5.74, 6) is 2.44. The van der Waals surface area contributed by atoms with Crippen LogP contribution in [0.1, 0.15) is 17.9 Å². The van der Waals surface area contributed by atoms with Crippen LogP contribution in [-0.4, -0.2) is 43.0 Å². The summed E-state index contributed by atoms with van der Waals surface area (Å²) in [7, 11) is 3.37. The van der Waals surface area contributed by atoms with E-state index in [0.29, 0.717) is 12.4 Å². The number of nitrogens with one attached hydrogen (secondary N) is 1. The molecule has 0 saturated carbocycles. The number of benzene rings is 2. The van der Waals surface area contributed by atoms with Crippen LogP contribution in [0.3, 0.4) is 0 Å². The van der Waals surface area contributed by atoms with Crippen LogP contribution in [0.25, 0.3) is 22.2 Å². The highest BCUT2D eigenvalue weighted by atomic mass is 16.5. The normalized spacial score (nSPS) is 17.2. The van der Waals surface area contributed by atoms with Crippen LogP contribution in [0.5, 0.6) is 5.75 Å². The van der Waals surface area contributed by atoms with Gasteiger partial charge in [0.1, 0.15) is 11.5 Å². The lowest BCUT2D eigenvalue weighted by molar-refractivity contribution is -0.124. The number of aromatic nitrogens is 1. The number of hydrogen-bond acceptors (Lipinski definition) is 5. The third-order valence-electron chi connectivity index (χ3n) is 5.49. The predicted molar refractivity (Wildman–Crippen MR) is 108 cm³/mol. The summed E-state index contributed by atoms with van der Waals surface area (Å²) >= 11 is 0. The fraction of sp³-hybridized carbons (Fsp3) is 0.364. The number of nitrogens with zero attached hydrogens (tertiary/aromatic N) is 2. The molecule has 1 fully saturated rings. The van der Waals surface area contributed by atoms with Gasteiger partial charge in [-0.15, -0.1) is 0 Å². The smallest absolute Gasteiger partial charge is 0.227 e. The Morgan fingerprint density at radius 1 is 1.29 bits per heavy atom. The molecule has 1 aliphatic rings. The Balaban J connectivity index is 1.61. The lowest BCUT2D eigenvalue weighted by Crippen LogP contribution is -2.30. The van der Waals surface area contributed by atoms with Gasteiger partial charge in [-0.2, -0.15) is 0 Å². The molecule has 1 atom stereocenters. The van der Waals surface area contributed by atoms with Crippen LogP contribution in [0.2, 0.25) is 0 Å². The molecule has 28 heavy (non-hydrogen) atoms. The number of methoxy groups -OCH3 is 1. The van der Waals surface area contributed by atoms with Crippen molar-refractivity contribution >= 4 is 16.7 Å². The summed E-state index contributed by atoms with van der Waals surface area (Å²) in [6.45, 7) is 4.29. The molecule has 1 amide bonds. The fourth-order valence-corrected chi connectivity index (χ4v) is 3.93. The van der Waals surface area contributed by atoms with E-state index in [-0.39, 0.29) is 11.8 Å². The molecule has 1 aliphatic heterocycles. The Morgan fingerprint density at radius 3 is 2.82 bits per heavy atom. The highest BCUT2D eigenvalue weighted by molar-refractivity contribution is 5.98. The van der Waals surface area contributed by atoms with Crippen molar-refractivity contribution in [1.29, 1.82) is 0 Å². The first kappa shape index (κ1) is 18.5. The van der Waals surface area contributed by atoms with Crippen molar-refractivity contribution in [2.24, 2.45) is 5.92 Å². The molecule has 0 aliphatic carbocycles. The molecule has 4 rings (SSSR count). The molecule has 3 aromatic rings. The molecule has 146 valence electrons. The minimum Gasteiger partial charge on any atom is -0.496 e. The van der Waals surface area contributed by atoms with Gasteiger partial charge in [0, 0.05) is 31.1 Å². The van der Waals surface area contributed by atoms with Crippen LogP contribution in [-0.2, 0) is 11.3 Å². The number of rotatable bonds is 5. The van der Waals surface area contributed by atoms with E-state index in [0.717, 1.165) is 53.0 Å². The standard InChI is InChI=1S/C22H25N3O3/c1-14-19(13-25-11-10-15(12-25)21(26)23-2)24-22(28-14)18-8-9-20(27-3)17-7-5-4-6-16(17)18/h4-9,15H,10-13H2,1-3H3,(H,23,26)/t15-/m0/s1. The first-order chi connectivity index (χ1) is 13.6. The van der Waals surface area contributed by atoms with E-state index >= 15 is 0 Å². The van der Waals surface area contributed by atoms with Gasteiger partial charge in [0.25, 0.3) is 0 Å². The van der Waals surface area contributed by atoms with Gasteiger partial charge < -0.3 is 14.5 Å². The highest BCUT2D eigenvalue weighted by Gasteiger charge is 2.28. The number of fused-ring (bicyclic) bond motifs is 1. The van der Waals surface area contributed by atoms with Gasteiger partial charge in [0.15, 0.2) is 0 Å². The topological polar surface area (TPSA) is 67.6 Å². The van der Waals surface area contributed by atoms with Crippen LogP contribution in [0.15, 0.2) is 40.8 Å². The molecule has 2 heterocycles. The van der Waals surface area contributed by atoms with E-state index in [9.17, 15) is 4.79 Å². The maximum atomic E-state index is 11.9. The van der Waals surface area contributed by atoms with Gasteiger partial charge >= 0.3 is 0 Å². The number of ether oxygens (including phenoxy) is 1. The molecule has 0 spiro atoms. The van der Waals surface area contributed by atoms with Crippen molar-refractivity contribution in [3.63, 3.8) is 0 Å². The van der Waals surface area contributed by atoms with E-state index in [4.69, 9.17) is 14.1 Å². The third kappa shape index (κ3) is 3.36. The predicted octanol–water partition coefficient (Wildman–Crippen LogP) is 3.38. The average Bonchev–Trinajstić information content (AvgIpc) is 3.33. The minimum atomic E-state index is 0.0576. The molecular weight excluding hydrogens is 354 g/mol. The second-order valence-corrected chi connectivity index (χ2v) is 7.22. The Labute approximate surface area is 164 Å². The first-order valence-electron chi connectivity index (χ1n) is 9.57. The van der Waals surface area contributed by atoms with Crippen molar-refractivity contribution in [3.8, 4) is 17.2 Å². The Kier molecular flexibility index (Phi) is 5.05. The molecule has 2 aromatic carbocycles. The minimum absolute atomic E-state index is 0.0576. The monoisotopic (exact) mass is 379 g/mol. The van der Waals surface area contributed by atoms with Gasteiger partial charge in [0.2, 0.25) is 11.8 Å². The van der Waals surface area contributed by atoms with Crippen LogP contribution in [0, 0.1) is 12.8 Å². The molecule has 0 radical (unpaired) electrons. The summed E-state index contributed by atoms with van der Waals surface area (Å²) < 4.78 is 11.5. The zero-order valence-electron chi connectivity index (χ0n) is 16.5. The zero-order chi connectivity index (χ0) is 19.7. The van der Waals surface area contributed by atoms with Crippen molar-refractivity contribution in [2.45, 2.75) is 19.9 Å². The Hall–Kier alpha value is -2.86. The lowest BCUT2D eigenvalue weighted by Gasteiger charge is -2.14. The lowest BCUT2D eigenvalue weighted by atomic mass is 10.0. The summed E-state index contributed by atoms with van der Waals surface area (Å²) in [5.41, 5.74) is 1.88. The maximum absolute atomic E-state index is 11.9. The third-order valence-corrected chi connectivity index (χ3v) is 5.49. The van der Waals surface area contributed by atoms with Gasteiger partial charge in [-0.3, -0.25) is 9.69 Å². The van der Waals surface area contributed by atoms with Crippen molar-refractivity contribution in [1.82, 2.24) is 15.2 Å². The quantitative estimate of drug-likeness (QED) is 0.736.